The van der Waals surface area contributed by atoms with E-state index < -0.39 is 0 Å². The van der Waals surface area contributed by atoms with Crippen LogP contribution in [0.3, 0.4) is 0 Å². The number of hydrogen-bond acceptors (Lipinski definition) is 4. The molecule has 0 aromatic carbocycles. The first kappa shape index (κ1) is 15.7. The number of hydrogen-bond donors (Lipinski definition) is 0. The molecule has 4 heteroatoms. The average Bonchev–Trinajstić information content (AvgIpc) is 3.21. The largest absolute Gasteiger partial charge is 0.462 e. The van der Waals surface area contributed by atoms with E-state index in [2.05, 4.69) is 13.8 Å². The summed E-state index contributed by atoms with van der Waals surface area (Å²) in [5.41, 5.74) is 2.08. The van der Waals surface area contributed by atoms with Gasteiger partial charge < -0.3 is 4.74 Å². The first-order valence-corrected chi connectivity index (χ1v) is 9.06. The van der Waals surface area contributed by atoms with Crippen LogP contribution in [0, 0.1) is 11.3 Å². The molecule has 3 rings (SSSR count). The summed E-state index contributed by atoms with van der Waals surface area (Å²) in [5.74, 6) is 0.297. The number of fused-ring (bicyclic) bond motifs is 1. The number of carbonyl (C=O) groups is 2. The number of ketones is 1. The Morgan fingerprint density at radius 1 is 1.32 bits per heavy atom. The summed E-state index contributed by atoms with van der Waals surface area (Å²) in [4.78, 5) is 26.9. The fourth-order valence-electron chi connectivity index (χ4n) is 3.25. The van der Waals surface area contributed by atoms with Crippen molar-refractivity contribution in [3.05, 3.63) is 20.9 Å². The predicted octanol–water partition coefficient (Wildman–Crippen LogP) is 3.96. The van der Waals surface area contributed by atoms with Gasteiger partial charge in [-0.15, -0.1) is 11.3 Å². The van der Waals surface area contributed by atoms with Gasteiger partial charge in [-0.2, -0.15) is 0 Å². The SMILES string of the molecule is CCOC(=O)c1c(CC(=O)C2CC2)sc2c1CC(C)(C)CC2. The van der Waals surface area contributed by atoms with Gasteiger partial charge in [0, 0.05) is 22.1 Å². The van der Waals surface area contributed by atoms with Crippen molar-refractivity contribution in [1.82, 2.24) is 0 Å². The first-order chi connectivity index (χ1) is 10.4. The number of ether oxygens (including phenoxy) is 1. The van der Waals surface area contributed by atoms with Gasteiger partial charge in [-0.05, 0) is 50.0 Å². The van der Waals surface area contributed by atoms with Gasteiger partial charge in [-0.1, -0.05) is 13.8 Å². The van der Waals surface area contributed by atoms with Crippen molar-refractivity contribution in [3.8, 4) is 0 Å². The maximum Gasteiger partial charge on any atom is 0.339 e. The molecule has 2 aliphatic rings. The summed E-state index contributed by atoms with van der Waals surface area (Å²) < 4.78 is 5.28. The molecule has 1 saturated carbocycles. The molecule has 0 aliphatic heterocycles. The van der Waals surface area contributed by atoms with E-state index in [0.29, 0.717) is 24.4 Å². The molecular formula is C18H24O3S. The van der Waals surface area contributed by atoms with Crippen LogP contribution in [0.2, 0.25) is 0 Å². The zero-order valence-electron chi connectivity index (χ0n) is 13.7. The van der Waals surface area contributed by atoms with Gasteiger partial charge in [0.05, 0.1) is 12.2 Å². The molecule has 120 valence electrons. The van der Waals surface area contributed by atoms with E-state index >= 15 is 0 Å². The van der Waals surface area contributed by atoms with Crippen LogP contribution >= 0.6 is 11.3 Å². The van der Waals surface area contributed by atoms with Gasteiger partial charge in [-0.25, -0.2) is 4.79 Å². The Labute approximate surface area is 136 Å². The second kappa shape index (κ2) is 5.80. The average molecular weight is 320 g/mol. The summed E-state index contributed by atoms with van der Waals surface area (Å²) in [6, 6.07) is 0. The van der Waals surface area contributed by atoms with Crippen LogP contribution in [0.5, 0.6) is 0 Å². The quantitative estimate of drug-likeness (QED) is 0.771. The maximum absolute atomic E-state index is 12.4. The van der Waals surface area contributed by atoms with Crippen molar-refractivity contribution in [3.63, 3.8) is 0 Å². The molecular weight excluding hydrogens is 296 g/mol. The zero-order valence-corrected chi connectivity index (χ0v) is 14.5. The zero-order chi connectivity index (χ0) is 15.9. The van der Waals surface area contributed by atoms with Crippen molar-refractivity contribution >= 4 is 23.1 Å². The van der Waals surface area contributed by atoms with Gasteiger partial charge in [0.25, 0.3) is 0 Å². The highest BCUT2D eigenvalue weighted by Gasteiger charge is 2.35. The van der Waals surface area contributed by atoms with E-state index in [0.717, 1.165) is 42.5 Å². The monoisotopic (exact) mass is 320 g/mol. The third-order valence-corrected chi connectivity index (χ3v) is 5.99. The number of Topliss-reactive ketones (excluding diaryl/α,β-unsaturated/α-hetero) is 1. The van der Waals surface area contributed by atoms with Gasteiger partial charge in [0.15, 0.2) is 0 Å². The van der Waals surface area contributed by atoms with E-state index in [-0.39, 0.29) is 17.3 Å². The number of thiophene rings is 1. The molecule has 0 spiro atoms. The first-order valence-electron chi connectivity index (χ1n) is 8.24. The number of esters is 1. The molecule has 2 aliphatic carbocycles. The molecule has 1 fully saturated rings. The Kier molecular flexibility index (Phi) is 4.15. The lowest BCUT2D eigenvalue weighted by Crippen LogP contribution is -2.23. The molecule has 0 N–H and O–H groups in total. The molecule has 22 heavy (non-hydrogen) atoms. The van der Waals surface area contributed by atoms with Crippen LogP contribution in [0.4, 0.5) is 0 Å². The highest BCUT2D eigenvalue weighted by molar-refractivity contribution is 7.12. The molecule has 1 aromatic rings. The van der Waals surface area contributed by atoms with Gasteiger partial charge in [-0.3, -0.25) is 4.79 Å². The minimum Gasteiger partial charge on any atom is -0.462 e. The Morgan fingerprint density at radius 3 is 2.68 bits per heavy atom. The topological polar surface area (TPSA) is 43.4 Å². The van der Waals surface area contributed by atoms with E-state index in [9.17, 15) is 9.59 Å². The Morgan fingerprint density at radius 2 is 2.05 bits per heavy atom. The summed E-state index contributed by atoms with van der Waals surface area (Å²) in [5, 5.41) is 0. The normalized spacial score (nSPS) is 19.6. The summed E-state index contributed by atoms with van der Waals surface area (Å²) >= 11 is 1.67. The third kappa shape index (κ3) is 3.12. The smallest absolute Gasteiger partial charge is 0.339 e. The highest BCUT2D eigenvalue weighted by atomic mass is 32.1. The van der Waals surface area contributed by atoms with Crippen molar-refractivity contribution in [2.75, 3.05) is 6.61 Å². The van der Waals surface area contributed by atoms with Crippen LogP contribution in [0.15, 0.2) is 0 Å². The van der Waals surface area contributed by atoms with E-state index in [1.165, 1.54) is 4.88 Å². The lowest BCUT2D eigenvalue weighted by molar-refractivity contribution is -0.119. The Bertz CT molecular complexity index is 608. The molecule has 0 atom stereocenters. The molecule has 0 amide bonds. The van der Waals surface area contributed by atoms with Crippen molar-refractivity contribution in [2.24, 2.45) is 11.3 Å². The predicted molar refractivity (Wildman–Crippen MR) is 87.5 cm³/mol. The summed E-state index contributed by atoms with van der Waals surface area (Å²) in [6.07, 6.45) is 5.51. The fourth-order valence-corrected chi connectivity index (χ4v) is 4.57. The van der Waals surface area contributed by atoms with Crippen molar-refractivity contribution in [2.45, 2.75) is 59.3 Å². The summed E-state index contributed by atoms with van der Waals surface area (Å²) in [6.45, 7) is 6.70. The minimum atomic E-state index is -0.240. The molecule has 0 saturated heterocycles. The summed E-state index contributed by atoms with van der Waals surface area (Å²) in [7, 11) is 0. The second-order valence-electron chi connectivity index (χ2n) is 7.28. The van der Waals surface area contributed by atoms with E-state index in [1.807, 2.05) is 6.92 Å². The molecule has 0 unspecified atom stereocenters. The Balaban J connectivity index is 1.96. The van der Waals surface area contributed by atoms with Crippen LogP contribution < -0.4 is 0 Å². The van der Waals surface area contributed by atoms with Crippen LogP contribution in [-0.2, 0) is 28.8 Å². The van der Waals surface area contributed by atoms with Gasteiger partial charge in [0.2, 0.25) is 0 Å². The van der Waals surface area contributed by atoms with Crippen LogP contribution in [0.25, 0.3) is 0 Å². The molecule has 1 aromatic heterocycles. The van der Waals surface area contributed by atoms with Gasteiger partial charge in [0.1, 0.15) is 5.78 Å². The van der Waals surface area contributed by atoms with Crippen LogP contribution in [-0.4, -0.2) is 18.4 Å². The number of rotatable bonds is 5. The van der Waals surface area contributed by atoms with Crippen LogP contribution in [0.1, 0.15) is 65.7 Å². The van der Waals surface area contributed by atoms with E-state index in [4.69, 9.17) is 4.74 Å². The molecule has 0 bridgehead atoms. The van der Waals surface area contributed by atoms with Crippen molar-refractivity contribution < 1.29 is 14.3 Å². The molecule has 3 nitrogen and oxygen atoms in total. The third-order valence-electron chi connectivity index (χ3n) is 4.69. The van der Waals surface area contributed by atoms with Gasteiger partial charge >= 0.3 is 5.97 Å². The standard InChI is InChI=1S/C18H24O3S/c1-4-21-17(20)16-12-10-18(2,3)8-7-14(12)22-15(16)9-13(19)11-5-6-11/h11H,4-10H2,1-3H3. The highest BCUT2D eigenvalue weighted by Crippen LogP contribution is 2.42. The molecule has 1 heterocycles. The Hall–Kier alpha value is -1.16. The maximum atomic E-state index is 12.4. The fraction of sp³-hybridized carbons (Fsp3) is 0.667. The number of carbonyl (C=O) groups excluding carboxylic acids is 2. The minimum absolute atomic E-state index is 0.215. The lowest BCUT2D eigenvalue weighted by atomic mass is 9.76. The van der Waals surface area contributed by atoms with Crippen molar-refractivity contribution in [1.29, 1.82) is 0 Å². The van der Waals surface area contributed by atoms with E-state index in [1.54, 1.807) is 11.3 Å². The number of aryl methyl sites for hydroxylation is 1. The lowest BCUT2D eigenvalue weighted by Gasteiger charge is -2.29. The molecule has 0 radical (unpaired) electrons. The second-order valence-corrected chi connectivity index (χ2v) is 8.47.